The Hall–Kier alpha value is -1.05. The van der Waals surface area contributed by atoms with Crippen LogP contribution in [0.15, 0.2) is 24.3 Å². The minimum absolute atomic E-state index is 0.0346. The van der Waals surface area contributed by atoms with E-state index in [1.165, 1.54) is 5.57 Å². The third-order valence-electron chi connectivity index (χ3n) is 2.13. The van der Waals surface area contributed by atoms with E-state index in [1.54, 1.807) is 13.0 Å². The van der Waals surface area contributed by atoms with Gasteiger partial charge in [-0.25, -0.2) is 0 Å². The van der Waals surface area contributed by atoms with Gasteiger partial charge in [0.2, 0.25) is 0 Å². The highest BCUT2D eigenvalue weighted by Gasteiger charge is 2.19. The second-order valence-electron chi connectivity index (χ2n) is 3.54. The summed E-state index contributed by atoms with van der Waals surface area (Å²) in [6.45, 7) is 9.38. The topological polar surface area (TPSA) is 37.3 Å². The van der Waals surface area contributed by atoms with Crippen molar-refractivity contribution in [3.05, 3.63) is 24.3 Å². The minimum Gasteiger partial charge on any atom is -0.481 e. The third kappa shape index (κ3) is 4.51. The summed E-state index contributed by atoms with van der Waals surface area (Å²) in [5.74, 6) is -1.08. The van der Waals surface area contributed by atoms with Gasteiger partial charge in [0.05, 0.1) is 5.92 Å². The number of allylic oxidation sites excluding steroid dienone is 3. The molecule has 2 nitrogen and oxygen atoms in total. The van der Waals surface area contributed by atoms with Crippen LogP contribution in [0, 0.1) is 11.8 Å². The molecule has 13 heavy (non-hydrogen) atoms. The molecule has 2 unspecified atom stereocenters. The Bertz CT molecular complexity index is 212. The fraction of sp³-hybridized carbons (Fsp3) is 0.545. The van der Waals surface area contributed by atoms with Crippen molar-refractivity contribution < 1.29 is 9.90 Å². The average molecular weight is 182 g/mol. The molecule has 0 amide bonds. The van der Waals surface area contributed by atoms with Crippen molar-refractivity contribution >= 4 is 5.97 Å². The number of carboxylic acid groups (broad SMARTS) is 1. The van der Waals surface area contributed by atoms with Crippen LogP contribution in [0.5, 0.6) is 0 Å². The van der Waals surface area contributed by atoms with Crippen molar-refractivity contribution in [3.8, 4) is 0 Å². The summed E-state index contributed by atoms with van der Waals surface area (Å²) >= 11 is 0. The molecule has 0 fully saturated rings. The maximum Gasteiger partial charge on any atom is 0.306 e. The smallest absolute Gasteiger partial charge is 0.306 e. The maximum absolute atomic E-state index is 10.7. The molecule has 2 atom stereocenters. The first kappa shape index (κ1) is 11.9. The minimum atomic E-state index is -0.757. The van der Waals surface area contributed by atoms with Crippen LogP contribution in [-0.2, 0) is 4.79 Å². The molecule has 0 saturated carbocycles. The molecule has 1 N–H and O–H groups in total. The van der Waals surface area contributed by atoms with Gasteiger partial charge in [0, 0.05) is 0 Å². The van der Waals surface area contributed by atoms with Crippen molar-refractivity contribution in [2.45, 2.75) is 27.2 Å². The van der Waals surface area contributed by atoms with Crippen LogP contribution in [-0.4, -0.2) is 11.1 Å². The summed E-state index contributed by atoms with van der Waals surface area (Å²) in [6, 6.07) is 0. The van der Waals surface area contributed by atoms with E-state index in [0.717, 1.165) is 6.42 Å². The molecular formula is C11H18O2. The lowest BCUT2D eigenvalue weighted by molar-refractivity contribution is -0.142. The molecule has 0 bridgehead atoms. The van der Waals surface area contributed by atoms with Crippen LogP contribution in [0.2, 0.25) is 0 Å². The Labute approximate surface area is 80.0 Å². The van der Waals surface area contributed by atoms with E-state index in [-0.39, 0.29) is 11.8 Å². The van der Waals surface area contributed by atoms with Gasteiger partial charge in [-0.3, -0.25) is 4.79 Å². The first-order chi connectivity index (χ1) is 5.99. The van der Waals surface area contributed by atoms with Gasteiger partial charge < -0.3 is 5.11 Å². The van der Waals surface area contributed by atoms with Crippen LogP contribution >= 0.6 is 0 Å². The maximum atomic E-state index is 10.7. The Morgan fingerprint density at radius 2 is 2.08 bits per heavy atom. The van der Waals surface area contributed by atoms with Crippen LogP contribution in [0.1, 0.15) is 27.2 Å². The second kappa shape index (κ2) is 5.57. The van der Waals surface area contributed by atoms with Crippen molar-refractivity contribution in [2.75, 3.05) is 0 Å². The summed E-state index contributed by atoms with van der Waals surface area (Å²) in [5.41, 5.74) is 1.21. The number of aliphatic carboxylic acids is 1. The van der Waals surface area contributed by atoms with Gasteiger partial charge >= 0.3 is 5.97 Å². The normalized spacial score (nSPS) is 14.4. The number of carboxylic acids is 1. The van der Waals surface area contributed by atoms with E-state index in [2.05, 4.69) is 6.58 Å². The second-order valence-corrected chi connectivity index (χ2v) is 3.54. The van der Waals surface area contributed by atoms with E-state index in [9.17, 15) is 4.79 Å². The highest BCUT2D eigenvalue weighted by molar-refractivity contribution is 5.70. The monoisotopic (exact) mass is 182 g/mol. The van der Waals surface area contributed by atoms with Crippen LogP contribution in [0.3, 0.4) is 0 Å². The van der Waals surface area contributed by atoms with Gasteiger partial charge in [-0.1, -0.05) is 24.6 Å². The fourth-order valence-electron chi connectivity index (χ4n) is 1.06. The molecular weight excluding hydrogens is 164 g/mol. The molecule has 0 aliphatic carbocycles. The van der Waals surface area contributed by atoms with E-state index >= 15 is 0 Å². The lowest BCUT2D eigenvalue weighted by Crippen LogP contribution is -2.18. The molecule has 74 valence electrons. The summed E-state index contributed by atoms with van der Waals surface area (Å²) in [6.07, 6.45) is 4.53. The van der Waals surface area contributed by atoms with Crippen LogP contribution < -0.4 is 0 Å². The third-order valence-corrected chi connectivity index (χ3v) is 2.13. The zero-order chi connectivity index (χ0) is 10.4. The molecule has 0 aromatic carbocycles. The SMILES string of the molecule is C=CC(CC=C(C)C)C(C)C(=O)O. The van der Waals surface area contributed by atoms with Crippen molar-refractivity contribution in [1.29, 1.82) is 0 Å². The molecule has 2 heteroatoms. The van der Waals surface area contributed by atoms with E-state index in [4.69, 9.17) is 5.11 Å². The Balaban J connectivity index is 4.26. The molecule has 0 saturated heterocycles. The Kier molecular flexibility index (Phi) is 5.12. The highest BCUT2D eigenvalue weighted by Crippen LogP contribution is 2.18. The lowest BCUT2D eigenvalue weighted by Gasteiger charge is -2.14. The first-order valence-corrected chi connectivity index (χ1v) is 4.47. The number of hydrogen-bond donors (Lipinski definition) is 1. The zero-order valence-electron chi connectivity index (χ0n) is 8.58. The van der Waals surface area contributed by atoms with E-state index < -0.39 is 5.97 Å². The molecule has 0 aromatic heterocycles. The van der Waals surface area contributed by atoms with Gasteiger partial charge in [0.15, 0.2) is 0 Å². The fourth-order valence-corrected chi connectivity index (χ4v) is 1.06. The van der Waals surface area contributed by atoms with Crippen LogP contribution in [0.4, 0.5) is 0 Å². The zero-order valence-corrected chi connectivity index (χ0v) is 8.58. The van der Waals surface area contributed by atoms with Crippen molar-refractivity contribution in [2.24, 2.45) is 11.8 Å². The molecule has 0 aromatic rings. The summed E-state index contributed by atoms with van der Waals surface area (Å²) in [4.78, 5) is 10.7. The Morgan fingerprint density at radius 3 is 2.38 bits per heavy atom. The number of hydrogen-bond acceptors (Lipinski definition) is 1. The predicted octanol–water partition coefficient (Wildman–Crippen LogP) is 2.87. The van der Waals surface area contributed by atoms with Gasteiger partial charge in [0.25, 0.3) is 0 Å². The summed E-state index contributed by atoms with van der Waals surface area (Å²) < 4.78 is 0. The van der Waals surface area contributed by atoms with Gasteiger partial charge in [-0.2, -0.15) is 0 Å². The summed E-state index contributed by atoms with van der Waals surface area (Å²) in [5, 5.41) is 8.78. The molecule has 0 radical (unpaired) electrons. The Morgan fingerprint density at radius 1 is 1.54 bits per heavy atom. The van der Waals surface area contributed by atoms with Gasteiger partial charge in [0.1, 0.15) is 0 Å². The molecule has 0 aliphatic rings. The number of rotatable bonds is 5. The quantitative estimate of drug-likeness (QED) is 0.664. The molecule has 0 rings (SSSR count). The lowest BCUT2D eigenvalue weighted by atomic mass is 9.90. The standard InChI is InChI=1S/C11H18O2/c1-5-10(7-6-8(2)3)9(4)11(12)13/h5-6,9-10H,1,7H2,2-4H3,(H,12,13). The average Bonchev–Trinajstić information content (AvgIpc) is 2.04. The van der Waals surface area contributed by atoms with Crippen molar-refractivity contribution in [3.63, 3.8) is 0 Å². The molecule has 0 spiro atoms. The van der Waals surface area contributed by atoms with E-state index in [0.29, 0.717) is 0 Å². The van der Waals surface area contributed by atoms with Crippen molar-refractivity contribution in [1.82, 2.24) is 0 Å². The van der Waals surface area contributed by atoms with E-state index in [1.807, 2.05) is 19.9 Å². The predicted molar refractivity (Wildman–Crippen MR) is 54.5 cm³/mol. The molecule has 0 heterocycles. The van der Waals surface area contributed by atoms with Gasteiger partial charge in [-0.15, -0.1) is 6.58 Å². The molecule has 0 aliphatic heterocycles. The largest absolute Gasteiger partial charge is 0.481 e. The number of carbonyl (C=O) groups is 1. The van der Waals surface area contributed by atoms with Crippen LogP contribution in [0.25, 0.3) is 0 Å². The first-order valence-electron chi connectivity index (χ1n) is 4.47. The summed E-state index contributed by atoms with van der Waals surface area (Å²) in [7, 11) is 0. The highest BCUT2D eigenvalue weighted by atomic mass is 16.4. The van der Waals surface area contributed by atoms with Gasteiger partial charge in [-0.05, 0) is 26.2 Å².